The number of benzene rings is 2. The maximum atomic E-state index is 12.5. The Labute approximate surface area is 180 Å². The van der Waals surface area contributed by atoms with Gasteiger partial charge < -0.3 is 21.1 Å². The number of nitrogen functional groups attached to an aromatic ring is 1. The topological polar surface area (TPSA) is 149 Å². The van der Waals surface area contributed by atoms with E-state index >= 15 is 0 Å². The van der Waals surface area contributed by atoms with E-state index in [0.717, 1.165) is 11.1 Å². The number of amidine groups is 1. The average Bonchev–Trinajstić information content (AvgIpc) is 2.75. The molecule has 2 amide bonds. The molecule has 0 radical (unpaired) electrons. The monoisotopic (exact) mass is 425 g/mol. The maximum absolute atomic E-state index is 12.5. The third kappa shape index (κ3) is 8.67. The van der Waals surface area contributed by atoms with Crippen molar-refractivity contribution in [3.63, 3.8) is 0 Å². The predicted octanol–water partition coefficient (Wildman–Crippen LogP) is 0.332. The fraction of sp³-hybridized carbons (Fsp3) is 0.273. The normalized spacial score (nSPS) is 10.3. The predicted molar refractivity (Wildman–Crippen MR) is 117 cm³/mol. The Morgan fingerprint density at radius 1 is 0.968 bits per heavy atom. The van der Waals surface area contributed by atoms with E-state index in [2.05, 4.69) is 10.6 Å². The van der Waals surface area contributed by atoms with E-state index in [1.54, 1.807) is 24.3 Å². The third-order valence-corrected chi connectivity index (χ3v) is 4.51. The van der Waals surface area contributed by atoms with Crippen molar-refractivity contribution in [2.24, 2.45) is 5.73 Å². The van der Waals surface area contributed by atoms with Crippen LogP contribution >= 0.6 is 0 Å². The molecule has 0 aromatic heterocycles. The molecule has 164 valence electrons. The largest absolute Gasteiger partial charge is 0.480 e. The molecule has 0 unspecified atom stereocenters. The second kappa shape index (κ2) is 12.1. The summed E-state index contributed by atoms with van der Waals surface area (Å²) in [4.78, 5) is 37.0. The third-order valence-electron chi connectivity index (χ3n) is 4.51. The molecule has 0 spiro atoms. The van der Waals surface area contributed by atoms with Crippen LogP contribution in [0, 0.1) is 5.41 Å². The van der Waals surface area contributed by atoms with Crippen molar-refractivity contribution in [3.8, 4) is 0 Å². The highest BCUT2D eigenvalue weighted by molar-refractivity contribution is 5.94. The van der Waals surface area contributed by atoms with Crippen LogP contribution < -0.4 is 16.4 Å². The van der Waals surface area contributed by atoms with Crippen LogP contribution in [0.4, 0.5) is 0 Å². The molecule has 0 fully saturated rings. The number of hydrogen-bond acceptors (Lipinski definition) is 5. The molecule has 2 aromatic rings. The molecule has 0 heterocycles. The molecule has 2 aromatic carbocycles. The molecular weight excluding hydrogens is 398 g/mol. The van der Waals surface area contributed by atoms with Crippen LogP contribution in [0.3, 0.4) is 0 Å². The van der Waals surface area contributed by atoms with Gasteiger partial charge in [-0.05, 0) is 17.5 Å². The highest BCUT2D eigenvalue weighted by Crippen LogP contribution is 2.04. The first-order chi connectivity index (χ1) is 14.8. The summed E-state index contributed by atoms with van der Waals surface area (Å²) in [7, 11) is 0. The number of carboxylic acid groups (broad SMARTS) is 1. The molecule has 9 nitrogen and oxygen atoms in total. The van der Waals surface area contributed by atoms with Gasteiger partial charge >= 0.3 is 5.97 Å². The van der Waals surface area contributed by atoms with Gasteiger partial charge in [0.15, 0.2) is 0 Å². The average molecular weight is 425 g/mol. The Hall–Kier alpha value is -3.72. The van der Waals surface area contributed by atoms with Crippen molar-refractivity contribution >= 4 is 23.6 Å². The standard InChI is InChI=1S/C22H27N5O4/c23-22(24)18-8-6-17(7-9-18)12-26-19(28)15-27(20(29)13-25-14-21(30)31)11-10-16-4-2-1-3-5-16/h1-9,25H,10-15H2,(H3,23,24)(H,26,28)(H,30,31). The quantitative estimate of drug-likeness (QED) is 0.244. The van der Waals surface area contributed by atoms with E-state index in [1.165, 1.54) is 4.90 Å². The Morgan fingerprint density at radius 3 is 2.26 bits per heavy atom. The van der Waals surface area contributed by atoms with E-state index in [4.69, 9.17) is 16.2 Å². The van der Waals surface area contributed by atoms with Crippen molar-refractivity contribution in [1.82, 2.24) is 15.5 Å². The van der Waals surface area contributed by atoms with E-state index < -0.39 is 5.97 Å². The molecule has 0 bridgehead atoms. The number of amides is 2. The molecule has 0 aliphatic heterocycles. The summed E-state index contributed by atoms with van der Waals surface area (Å²) in [6, 6.07) is 16.5. The number of nitrogens with one attached hydrogen (secondary N) is 3. The van der Waals surface area contributed by atoms with Crippen LogP contribution in [-0.2, 0) is 27.3 Å². The minimum Gasteiger partial charge on any atom is -0.480 e. The Balaban J connectivity index is 1.92. The van der Waals surface area contributed by atoms with Crippen molar-refractivity contribution in [2.75, 3.05) is 26.2 Å². The lowest BCUT2D eigenvalue weighted by molar-refractivity contribution is -0.137. The smallest absolute Gasteiger partial charge is 0.317 e. The first kappa shape index (κ1) is 23.6. The van der Waals surface area contributed by atoms with Gasteiger partial charge in [-0.1, -0.05) is 54.6 Å². The summed E-state index contributed by atoms with van der Waals surface area (Å²) in [5, 5.41) is 21.4. The van der Waals surface area contributed by atoms with Gasteiger partial charge in [-0.25, -0.2) is 0 Å². The molecule has 2 rings (SSSR count). The van der Waals surface area contributed by atoms with Gasteiger partial charge in [-0.15, -0.1) is 0 Å². The molecule has 0 saturated carbocycles. The number of rotatable bonds is 12. The molecular formula is C22H27N5O4. The number of carboxylic acids is 1. The summed E-state index contributed by atoms with van der Waals surface area (Å²) in [5.41, 5.74) is 7.90. The Morgan fingerprint density at radius 2 is 1.65 bits per heavy atom. The minimum absolute atomic E-state index is 0.0281. The number of nitrogens with two attached hydrogens (primary N) is 1. The number of hydrogen-bond donors (Lipinski definition) is 5. The molecule has 0 saturated heterocycles. The van der Waals surface area contributed by atoms with Gasteiger partial charge in [0.25, 0.3) is 0 Å². The lowest BCUT2D eigenvalue weighted by Gasteiger charge is -2.22. The second-order valence-electron chi connectivity index (χ2n) is 6.94. The fourth-order valence-corrected chi connectivity index (χ4v) is 2.82. The molecule has 6 N–H and O–H groups in total. The molecule has 0 aliphatic carbocycles. The van der Waals surface area contributed by atoms with Crippen LogP contribution in [-0.4, -0.2) is 59.8 Å². The van der Waals surface area contributed by atoms with Gasteiger partial charge in [-0.2, -0.15) is 0 Å². The first-order valence-electron chi connectivity index (χ1n) is 9.79. The molecule has 9 heteroatoms. The molecule has 0 aliphatic rings. The summed E-state index contributed by atoms with van der Waals surface area (Å²) < 4.78 is 0. The second-order valence-corrected chi connectivity index (χ2v) is 6.94. The minimum atomic E-state index is -1.06. The van der Waals surface area contributed by atoms with Crippen LogP contribution in [0.2, 0.25) is 0 Å². The van der Waals surface area contributed by atoms with Crippen LogP contribution in [0.5, 0.6) is 0 Å². The zero-order chi connectivity index (χ0) is 22.6. The highest BCUT2D eigenvalue weighted by Gasteiger charge is 2.17. The summed E-state index contributed by atoms with van der Waals surface area (Å²) in [6.45, 7) is -0.0269. The van der Waals surface area contributed by atoms with Gasteiger partial charge in [0.2, 0.25) is 11.8 Å². The van der Waals surface area contributed by atoms with Crippen LogP contribution in [0.1, 0.15) is 16.7 Å². The summed E-state index contributed by atoms with van der Waals surface area (Å²) >= 11 is 0. The van der Waals surface area contributed by atoms with Gasteiger partial charge in [0, 0.05) is 18.7 Å². The maximum Gasteiger partial charge on any atom is 0.317 e. The van der Waals surface area contributed by atoms with E-state index in [9.17, 15) is 14.4 Å². The van der Waals surface area contributed by atoms with E-state index in [0.29, 0.717) is 18.5 Å². The fourth-order valence-electron chi connectivity index (χ4n) is 2.82. The summed E-state index contributed by atoms with van der Waals surface area (Å²) in [5.74, 6) is -1.76. The summed E-state index contributed by atoms with van der Waals surface area (Å²) in [6.07, 6.45) is 0.575. The lowest BCUT2D eigenvalue weighted by Crippen LogP contribution is -2.45. The zero-order valence-electron chi connectivity index (χ0n) is 17.1. The number of aliphatic carboxylic acids is 1. The van der Waals surface area contributed by atoms with Crippen molar-refractivity contribution in [3.05, 3.63) is 71.3 Å². The Kier molecular flexibility index (Phi) is 9.18. The number of carbonyl (C=O) groups is 3. The molecule has 0 atom stereocenters. The highest BCUT2D eigenvalue weighted by atomic mass is 16.4. The van der Waals surface area contributed by atoms with Crippen LogP contribution in [0.25, 0.3) is 0 Å². The van der Waals surface area contributed by atoms with E-state index in [1.807, 2.05) is 30.3 Å². The van der Waals surface area contributed by atoms with Crippen molar-refractivity contribution < 1.29 is 19.5 Å². The van der Waals surface area contributed by atoms with Gasteiger partial charge in [0.1, 0.15) is 5.84 Å². The van der Waals surface area contributed by atoms with E-state index in [-0.39, 0.29) is 43.8 Å². The number of nitrogens with zero attached hydrogens (tertiary/aromatic N) is 1. The Bertz CT molecular complexity index is 900. The van der Waals surface area contributed by atoms with Gasteiger partial charge in [0.05, 0.1) is 19.6 Å². The van der Waals surface area contributed by atoms with Crippen molar-refractivity contribution in [2.45, 2.75) is 13.0 Å². The zero-order valence-corrected chi connectivity index (χ0v) is 17.1. The first-order valence-corrected chi connectivity index (χ1v) is 9.79. The van der Waals surface area contributed by atoms with Crippen molar-refractivity contribution in [1.29, 1.82) is 5.41 Å². The number of carbonyl (C=O) groups excluding carboxylic acids is 2. The van der Waals surface area contributed by atoms with Crippen LogP contribution in [0.15, 0.2) is 54.6 Å². The van der Waals surface area contributed by atoms with Gasteiger partial charge in [-0.3, -0.25) is 25.1 Å². The SMILES string of the molecule is N=C(N)c1ccc(CNC(=O)CN(CCc2ccccc2)C(=O)CNCC(=O)O)cc1. The lowest BCUT2D eigenvalue weighted by atomic mass is 10.1. The molecule has 31 heavy (non-hydrogen) atoms.